The summed E-state index contributed by atoms with van der Waals surface area (Å²) in [6.45, 7) is 10.2. The van der Waals surface area contributed by atoms with E-state index in [4.69, 9.17) is 4.74 Å². The van der Waals surface area contributed by atoms with Gasteiger partial charge in [0.2, 0.25) is 0 Å². The molecule has 0 aromatic heterocycles. The highest BCUT2D eigenvalue weighted by molar-refractivity contribution is 5.90. The molecule has 0 radical (unpaired) electrons. The third kappa shape index (κ3) is 5.62. The molecular formula is C11H21NO2. The molecule has 0 heterocycles. The molecule has 0 spiro atoms. The Morgan fingerprint density at radius 3 is 2.64 bits per heavy atom. The number of carbonyl (C=O) groups excluding carboxylic acids is 1. The van der Waals surface area contributed by atoms with E-state index < -0.39 is 0 Å². The van der Waals surface area contributed by atoms with Crippen LogP contribution >= 0.6 is 0 Å². The van der Waals surface area contributed by atoms with Crippen molar-refractivity contribution in [3.8, 4) is 0 Å². The number of carbonyl (C=O) groups is 1. The average molecular weight is 199 g/mol. The zero-order valence-corrected chi connectivity index (χ0v) is 9.43. The third-order valence-electron chi connectivity index (χ3n) is 2.02. The summed E-state index contributed by atoms with van der Waals surface area (Å²) in [6.07, 6.45) is 2.92. The topological polar surface area (TPSA) is 38.3 Å². The Kier molecular flexibility index (Phi) is 6.89. The fraction of sp³-hybridized carbons (Fsp3) is 0.727. The van der Waals surface area contributed by atoms with Crippen molar-refractivity contribution < 1.29 is 9.53 Å². The highest BCUT2D eigenvalue weighted by Gasteiger charge is 2.09. The molecule has 0 saturated carbocycles. The molecule has 0 aliphatic heterocycles. The van der Waals surface area contributed by atoms with Crippen molar-refractivity contribution in [1.29, 1.82) is 0 Å². The Morgan fingerprint density at radius 1 is 1.50 bits per heavy atom. The number of unbranched alkanes of at least 4 members (excludes halogenated alkanes) is 1. The summed E-state index contributed by atoms with van der Waals surface area (Å²) in [5.74, 6) is 0.0224. The maximum atomic E-state index is 11.4. The lowest BCUT2D eigenvalue weighted by atomic mass is 10.2. The number of nitrogens with one attached hydrogen (secondary N) is 1. The van der Waals surface area contributed by atoms with E-state index in [0.29, 0.717) is 6.61 Å². The minimum atomic E-state index is -0.199. The molecule has 0 aromatic rings. The molecule has 0 saturated heterocycles. The number of rotatable bonds is 7. The monoisotopic (exact) mass is 199 g/mol. The van der Waals surface area contributed by atoms with Gasteiger partial charge in [-0.1, -0.05) is 26.8 Å². The van der Waals surface area contributed by atoms with Gasteiger partial charge in [0.1, 0.15) is 0 Å². The predicted molar refractivity (Wildman–Crippen MR) is 57.9 cm³/mol. The predicted octanol–water partition coefficient (Wildman–Crippen LogP) is 2.23. The highest BCUT2D eigenvalue weighted by Crippen LogP contribution is 1.98. The van der Waals surface area contributed by atoms with E-state index in [-0.39, 0.29) is 17.7 Å². The molecule has 1 amide bonds. The summed E-state index contributed by atoms with van der Waals surface area (Å²) < 4.78 is 5.18. The molecule has 1 unspecified atom stereocenters. The normalized spacial score (nSPS) is 11.9. The van der Waals surface area contributed by atoms with Gasteiger partial charge in [0.05, 0.1) is 6.61 Å². The van der Waals surface area contributed by atoms with Crippen molar-refractivity contribution in [2.45, 2.75) is 46.1 Å². The fourth-order valence-corrected chi connectivity index (χ4v) is 0.812. The van der Waals surface area contributed by atoms with Gasteiger partial charge < -0.3 is 10.1 Å². The number of amides is 1. The lowest BCUT2D eigenvalue weighted by Gasteiger charge is -2.13. The first-order chi connectivity index (χ1) is 6.61. The van der Waals surface area contributed by atoms with E-state index in [1.807, 2.05) is 13.8 Å². The quantitative estimate of drug-likeness (QED) is 0.388. The van der Waals surface area contributed by atoms with Crippen molar-refractivity contribution in [3.63, 3.8) is 0 Å². The number of hydrogen-bond acceptors (Lipinski definition) is 2. The zero-order valence-electron chi connectivity index (χ0n) is 9.43. The minimum Gasteiger partial charge on any atom is -0.488 e. The van der Waals surface area contributed by atoms with E-state index in [0.717, 1.165) is 19.3 Å². The van der Waals surface area contributed by atoms with Crippen molar-refractivity contribution in [3.05, 3.63) is 12.3 Å². The second kappa shape index (κ2) is 7.42. The summed E-state index contributed by atoms with van der Waals surface area (Å²) in [5.41, 5.74) is 0. The molecule has 82 valence electrons. The van der Waals surface area contributed by atoms with Gasteiger partial charge in [-0.2, -0.15) is 0 Å². The van der Waals surface area contributed by atoms with Crippen molar-refractivity contribution >= 4 is 5.91 Å². The lowest BCUT2D eigenvalue weighted by Crippen LogP contribution is -2.33. The van der Waals surface area contributed by atoms with Gasteiger partial charge in [-0.3, -0.25) is 4.79 Å². The standard InChI is InChI=1S/C11H21NO2/c1-5-7-8-14-10(4)11(13)12-9(3)6-2/h9H,4-8H2,1-3H3,(H,12,13). The van der Waals surface area contributed by atoms with E-state index in [1.54, 1.807) is 0 Å². The summed E-state index contributed by atoms with van der Waals surface area (Å²) >= 11 is 0. The van der Waals surface area contributed by atoms with Crippen LogP contribution in [0, 0.1) is 0 Å². The fourth-order valence-electron chi connectivity index (χ4n) is 0.812. The maximum Gasteiger partial charge on any atom is 0.285 e. The molecule has 1 N–H and O–H groups in total. The summed E-state index contributed by atoms with van der Waals surface area (Å²) in [5, 5.41) is 2.79. The molecule has 0 aromatic carbocycles. The Balaban J connectivity index is 3.71. The first kappa shape index (κ1) is 13.0. The maximum absolute atomic E-state index is 11.4. The summed E-state index contributed by atoms with van der Waals surface area (Å²) in [6, 6.07) is 0.175. The lowest BCUT2D eigenvalue weighted by molar-refractivity contribution is -0.121. The Bertz CT molecular complexity index is 190. The van der Waals surface area contributed by atoms with Crippen LogP contribution in [0.3, 0.4) is 0 Å². The van der Waals surface area contributed by atoms with Gasteiger partial charge in [-0.05, 0) is 19.8 Å². The Labute approximate surface area is 86.5 Å². The van der Waals surface area contributed by atoms with E-state index in [2.05, 4.69) is 18.8 Å². The smallest absolute Gasteiger partial charge is 0.285 e. The first-order valence-electron chi connectivity index (χ1n) is 5.24. The molecule has 0 bridgehead atoms. The van der Waals surface area contributed by atoms with Crippen LogP contribution in [-0.4, -0.2) is 18.6 Å². The molecule has 0 aliphatic carbocycles. The van der Waals surface area contributed by atoms with Gasteiger partial charge in [0.15, 0.2) is 5.76 Å². The van der Waals surface area contributed by atoms with Crippen LogP contribution in [0.4, 0.5) is 0 Å². The van der Waals surface area contributed by atoms with Gasteiger partial charge in [0, 0.05) is 6.04 Å². The Morgan fingerprint density at radius 2 is 2.14 bits per heavy atom. The van der Waals surface area contributed by atoms with E-state index >= 15 is 0 Å². The van der Waals surface area contributed by atoms with Crippen LogP contribution in [0.1, 0.15) is 40.0 Å². The van der Waals surface area contributed by atoms with Crippen molar-refractivity contribution in [2.75, 3.05) is 6.61 Å². The molecule has 0 aliphatic rings. The zero-order chi connectivity index (χ0) is 11.0. The Hall–Kier alpha value is -0.990. The van der Waals surface area contributed by atoms with Gasteiger partial charge >= 0.3 is 0 Å². The van der Waals surface area contributed by atoms with Gasteiger partial charge in [-0.25, -0.2) is 0 Å². The van der Waals surface area contributed by atoms with Crippen LogP contribution in [0.25, 0.3) is 0 Å². The van der Waals surface area contributed by atoms with Gasteiger partial charge in [-0.15, -0.1) is 0 Å². The highest BCUT2D eigenvalue weighted by atomic mass is 16.5. The van der Waals surface area contributed by atoms with E-state index in [9.17, 15) is 4.79 Å². The molecular weight excluding hydrogens is 178 g/mol. The number of ether oxygens (including phenoxy) is 1. The summed E-state index contributed by atoms with van der Waals surface area (Å²) in [7, 11) is 0. The largest absolute Gasteiger partial charge is 0.488 e. The first-order valence-corrected chi connectivity index (χ1v) is 5.24. The van der Waals surface area contributed by atoms with E-state index in [1.165, 1.54) is 0 Å². The van der Waals surface area contributed by atoms with Crippen LogP contribution in [0.15, 0.2) is 12.3 Å². The summed E-state index contributed by atoms with van der Waals surface area (Å²) in [4.78, 5) is 11.4. The van der Waals surface area contributed by atoms with Crippen molar-refractivity contribution in [2.24, 2.45) is 0 Å². The van der Waals surface area contributed by atoms with Crippen LogP contribution in [0.5, 0.6) is 0 Å². The molecule has 1 atom stereocenters. The van der Waals surface area contributed by atoms with Gasteiger partial charge in [0.25, 0.3) is 5.91 Å². The second-order valence-corrected chi connectivity index (χ2v) is 3.41. The molecule has 3 heteroatoms. The third-order valence-corrected chi connectivity index (χ3v) is 2.02. The van der Waals surface area contributed by atoms with Crippen LogP contribution < -0.4 is 5.32 Å². The minimum absolute atomic E-state index is 0.175. The SMILES string of the molecule is C=C(OCCCC)C(=O)NC(C)CC. The van der Waals surface area contributed by atoms with Crippen LogP contribution in [-0.2, 0) is 9.53 Å². The van der Waals surface area contributed by atoms with Crippen LogP contribution in [0.2, 0.25) is 0 Å². The molecule has 3 nitrogen and oxygen atoms in total. The number of hydrogen-bond donors (Lipinski definition) is 1. The molecule has 14 heavy (non-hydrogen) atoms. The van der Waals surface area contributed by atoms with Crippen molar-refractivity contribution in [1.82, 2.24) is 5.32 Å². The molecule has 0 fully saturated rings. The average Bonchev–Trinajstić information content (AvgIpc) is 2.17. The molecule has 0 rings (SSSR count). The second-order valence-electron chi connectivity index (χ2n) is 3.41.